The highest BCUT2D eigenvalue weighted by Crippen LogP contribution is 2.16. The summed E-state index contributed by atoms with van der Waals surface area (Å²) in [5.74, 6) is 0.00157. The van der Waals surface area contributed by atoms with Crippen molar-refractivity contribution in [2.45, 2.75) is 110 Å². The van der Waals surface area contributed by atoms with Gasteiger partial charge in [-0.3, -0.25) is 4.79 Å². The van der Waals surface area contributed by atoms with Crippen LogP contribution < -0.4 is 11.1 Å². The van der Waals surface area contributed by atoms with E-state index in [9.17, 15) is 4.79 Å². The lowest BCUT2D eigenvalue weighted by atomic mass is 9.95. The summed E-state index contributed by atoms with van der Waals surface area (Å²) in [7, 11) is 3.75. The van der Waals surface area contributed by atoms with Crippen LogP contribution in [0.1, 0.15) is 110 Å². The fraction of sp³-hybridized carbons (Fsp3) is 0.870. The molecule has 0 bridgehead atoms. The first-order valence-corrected chi connectivity index (χ1v) is 11.2. The number of rotatable bonds is 17. The number of carbonyl (C=O) groups is 1. The van der Waals surface area contributed by atoms with Gasteiger partial charge in [0.15, 0.2) is 0 Å². The SMILES string of the molecule is CCCCCCCC/C=C\CCCCCCC(CCC)C(N)=O.CNC. The Kier molecular flexibility index (Phi) is 25.5. The van der Waals surface area contributed by atoms with E-state index < -0.39 is 0 Å². The summed E-state index contributed by atoms with van der Waals surface area (Å²) >= 11 is 0. The van der Waals surface area contributed by atoms with Crippen LogP contribution in [-0.2, 0) is 4.79 Å². The van der Waals surface area contributed by atoms with E-state index in [1.807, 2.05) is 14.1 Å². The Morgan fingerprint density at radius 1 is 0.769 bits per heavy atom. The van der Waals surface area contributed by atoms with E-state index in [0.29, 0.717) is 0 Å². The highest BCUT2D eigenvalue weighted by molar-refractivity contribution is 5.76. The van der Waals surface area contributed by atoms with E-state index in [4.69, 9.17) is 5.73 Å². The number of amides is 1. The lowest BCUT2D eigenvalue weighted by molar-refractivity contribution is -0.122. The normalized spacial score (nSPS) is 12.0. The van der Waals surface area contributed by atoms with Crippen molar-refractivity contribution in [1.82, 2.24) is 5.32 Å². The van der Waals surface area contributed by atoms with Crippen molar-refractivity contribution >= 4 is 5.91 Å². The van der Waals surface area contributed by atoms with E-state index in [0.717, 1.165) is 25.7 Å². The molecule has 0 spiro atoms. The van der Waals surface area contributed by atoms with Crippen molar-refractivity contribution in [1.29, 1.82) is 0 Å². The largest absolute Gasteiger partial charge is 0.369 e. The smallest absolute Gasteiger partial charge is 0.220 e. The molecule has 0 saturated carbocycles. The Balaban J connectivity index is 0. The molecule has 0 aromatic heterocycles. The van der Waals surface area contributed by atoms with Crippen LogP contribution in [0.15, 0.2) is 12.2 Å². The lowest BCUT2D eigenvalue weighted by Crippen LogP contribution is -2.23. The molecule has 1 atom stereocenters. The predicted octanol–water partition coefficient (Wildman–Crippen LogP) is 6.37. The number of primary amides is 1. The van der Waals surface area contributed by atoms with Gasteiger partial charge in [0.25, 0.3) is 0 Å². The molecule has 26 heavy (non-hydrogen) atoms. The van der Waals surface area contributed by atoms with Crippen molar-refractivity contribution in [2.24, 2.45) is 11.7 Å². The second kappa shape index (κ2) is 24.2. The molecule has 1 unspecified atom stereocenters. The van der Waals surface area contributed by atoms with Gasteiger partial charge in [0, 0.05) is 5.92 Å². The van der Waals surface area contributed by atoms with Crippen LogP contribution >= 0.6 is 0 Å². The molecule has 0 saturated heterocycles. The molecule has 0 aliphatic rings. The molecule has 0 fully saturated rings. The average Bonchev–Trinajstić information content (AvgIpc) is 2.61. The lowest BCUT2D eigenvalue weighted by Gasteiger charge is -2.11. The van der Waals surface area contributed by atoms with Crippen molar-refractivity contribution in [3.63, 3.8) is 0 Å². The number of hydrogen-bond acceptors (Lipinski definition) is 2. The number of nitrogens with two attached hydrogens (primary N) is 1. The Morgan fingerprint density at radius 2 is 1.23 bits per heavy atom. The predicted molar refractivity (Wildman–Crippen MR) is 117 cm³/mol. The topological polar surface area (TPSA) is 55.1 Å². The summed E-state index contributed by atoms with van der Waals surface area (Å²) in [5, 5.41) is 2.75. The summed E-state index contributed by atoms with van der Waals surface area (Å²) in [6.45, 7) is 4.39. The Labute approximate surface area is 164 Å². The van der Waals surface area contributed by atoms with E-state index >= 15 is 0 Å². The van der Waals surface area contributed by atoms with Gasteiger partial charge in [-0.25, -0.2) is 0 Å². The van der Waals surface area contributed by atoms with Gasteiger partial charge in [-0.05, 0) is 52.6 Å². The molecule has 3 heteroatoms. The Bertz CT molecular complexity index is 303. The maximum Gasteiger partial charge on any atom is 0.220 e. The first-order chi connectivity index (χ1) is 12.6. The standard InChI is InChI=1S/C21H41NO.C2H7N/c1-3-5-6-7-8-9-10-11-12-13-14-15-16-17-19-20(18-4-2)21(22)23;1-3-2/h11-12,20H,3-10,13-19H2,1-2H3,(H2,22,23);3H,1-2H3/b12-11-;. The zero-order valence-electron chi connectivity index (χ0n) is 18.3. The molecule has 156 valence electrons. The summed E-state index contributed by atoms with van der Waals surface area (Å²) in [4.78, 5) is 11.3. The summed E-state index contributed by atoms with van der Waals surface area (Å²) in [6, 6.07) is 0. The van der Waals surface area contributed by atoms with E-state index in [1.54, 1.807) is 0 Å². The first kappa shape index (κ1) is 27.4. The highest BCUT2D eigenvalue weighted by atomic mass is 16.1. The Hall–Kier alpha value is -0.830. The van der Waals surface area contributed by atoms with Crippen LogP contribution in [0.3, 0.4) is 0 Å². The fourth-order valence-electron chi connectivity index (χ4n) is 3.06. The molecular weight excluding hydrogens is 320 g/mol. The van der Waals surface area contributed by atoms with Gasteiger partial charge in [0.2, 0.25) is 5.91 Å². The van der Waals surface area contributed by atoms with Crippen molar-refractivity contribution in [3.05, 3.63) is 12.2 Å². The molecule has 3 N–H and O–H groups in total. The van der Waals surface area contributed by atoms with Crippen LogP contribution in [0.5, 0.6) is 0 Å². The van der Waals surface area contributed by atoms with Crippen LogP contribution in [0, 0.1) is 5.92 Å². The van der Waals surface area contributed by atoms with E-state index in [-0.39, 0.29) is 11.8 Å². The van der Waals surface area contributed by atoms with Gasteiger partial charge in [0.1, 0.15) is 0 Å². The van der Waals surface area contributed by atoms with Gasteiger partial charge in [-0.1, -0.05) is 83.8 Å². The monoisotopic (exact) mass is 368 g/mol. The molecule has 3 nitrogen and oxygen atoms in total. The van der Waals surface area contributed by atoms with Gasteiger partial charge in [0.05, 0.1) is 0 Å². The summed E-state index contributed by atoms with van der Waals surface area (Å²) in [5.41, 5.74) is 5.43. The number of nitrogens with one attached hydrogen (secondary N) is 1. The van der Waals surface area contributed by atoms with E-state index in [1.165, 1.54) is 70.6 Å². The first-order valence-electron chi connectivity index (χ1n) is 11.2. The molecule has 0 rings (SSSR count). The molecule has 0 heterocycles. The number of hydrogen-bond donors (Lipinski definition) is 2. The summed E-state index contributed by atoms with van der Waals surface area (Å²) in [6.07, 6.45) is 23.4. The minimum atomic E-state index is -0.107. The van der Waals surface area contributed by atoms with Crippen LogP contribution in [0.2, 0.25) is 0 Å². The zero-order chi connectivity index (χ0) is 19.9. The molecule has 0 aliphatic heterocycles. The highest BCUT2D eigenvalue weighted by Gasteiger charge is 2.12. The van der Waals surface area contributed by atoms with Gasteiger partial charge in [-0.2, -0.15) is 0 Å². The minimum absolute atomic E-state index is 0.107. The van der Waals surface area contributed by atoms with Crippen LogP contribution in [0.4, 0.5) is 0 Å². The minimum Gasteiger partial charge on any atom is -0.369 e. The number of allylic oxidation sites excluding steroid dienone is 2. The third-order valence-corrected chi connectivity index (χ3v) is 4.60. The Morgan fingerprint density at radius 3 is 1.69 bits per heavy atom. The van der Waals surface area contributed by atoms with Crippen LogP contribution in [0.25, 0.3) is 0 Å². The average molecular weight is 369 g/mol. The third-order valence-electron chi connectivity index (χ3n) is 4.60. The third kappa shape index (κ3) is 23.2. The van der Waals surface area contributed by atoms with Gasteiger partial charge < -0.3 is 11.1 Å². The molecular formula is C23H48N2O. The summed E-state index contributed by atoms with van der Waals surface area (Å²) < 4.78 is 0. The zero-order valence-corrected chi connectivity index (χ0v) is 18.3. The molecule has 0 aromatic carbocycles. The second-order valence-corrected chi connectivity index (χ2v) is 7.41. The van der Waals surface area contributed by atoms with Crippen molar-refractivity contribution < 1.29 is 4.79 Å². The van der Waals surface area contributed by atoms with Crippen molar-refractivity contribution in [2.75, 3.05) is 14.1 Å². The molecule has 1 amide bonds. The van der Waals surface area contributed by atoms with Crippen molar-refractivity contribution in [3.8, 4) is 0 Å². The quantitative estimate of drug-likeness (QED) is 0.231. The molecule has 0 radical (unpaired) electrons. The van der Waals surface area contributed by atoms with Crippen LogP contribution in [-0.4, -0.2) is 20.0 Å². The van der Waals surface area contributed by atoms with Gasteiger partial charge >= 0.3 is 0 Å². The maximum absolute atomic E-state index is 11.3. The maximum atomic E-state index is 11.3. The second-order valence-electron chi connectivity index (χ2n) is 7.41. The van der Waals surface area contributed by atoms with E-state index in [2.05, 4.69) is 31.3 Å². The van der Waals surface area contributed by atoms with Gasteiger partial charge in [-0.15, -0.1) is 0 Å². The fourth-order valence-corrected chi connectivity index (χ4v) is 3.06. The number of unbranched alkanes of at least 4 members (excludes halogenated alkanes) is 10. The molecule has 0 aliphatic carbocycles. The number of carbonyl (C=O) groups excluding carboxylic acids is 1. The molecule has 0 aromatic rings.